The Kier molecular flexibility index (Phi) is 9.08. The van der Waals surface area contributed by atoms with E-state index in [1.54, 1.807) is 18.2 Å². The molecule has 0 radical (unpaired) electrons. The van der Waals surface area contributed by atoms with Crippen LogP contribution in [-0.4, -0.2) is 24.3 Å². The highest BCUT2D eigenvalue weighted by molar-refractivity contribution is 5.66. The molecule has 0 atom stereocenters. The van der Waals surface area contributed by atoms with E-state index in [1.807, 2.05) is 6.07 Å². The molecule has 0 aliphatic heterocycles. The molecular formula is C18H17F2NO4. The van der Waals surface area contributed by atoms with E-state index in [0.29, 0.717) is 24.5 Å². The van der Waals surface area contributed by atoms with Gasteiger partial charge in [0.05, 0.1) is 25.5 Å². The Morgan fingerprint density at radius 1 is 1.00 bits per heavy atom. The van der Waals surface area contributed by atoms with Crippen LogP contribution in [0.4, 0.5) is 8.78 Å². The summed E-state index contributed by atoms with van der Waals surface area (Å²) in [4.78, 5) is 10.1. The first-order valence-corrected chi connectivity index (χ1v) is 7.36. The lowest BCUT2D eigenvalue weighted by Crippen LogP contribution is -2.04. The smallest absolute Gasteiger partial charge is 0.306 e. The molecule has 0 amide bonds. The molecule has 5 nitrogen and oxygen atoms in total. The number of hydrogen-bond acceptors (Lipinski definition) is 4. The van der Waals surface area contributed by atoms with E-state index in [4.69, 9.17) is 19.8 Å². The lowest BCUT2D eigenvalue weighted by molar-refractivity contribution is -0.137. The molecule has 7 heteroatoms. The van der Waals surface area contributed by atoms with Crippen molar-refractivity contribution in [2.45, 2.75) is 12.8 Å². The summed E-state index contributed by atoms with van der Waals surface area (Å²) in [5.74, 6) is -0.847. The Labute approximate surface area is 144 Å². The van der Waals surface area contributed by atoms with E-state index in [2.05, 4.69) is 0 Å². The Balaban J connectivity index is 0.000000251. The quantitative estimate of drug-likeness (QED) is 0.769. The van der Waals surface area contributed by atoms with Crippen LogP contribution in [0, 0.1) is 23.0 Å². The number of nitriles is 1. The highest BCUT2D eigenvalue weighted by atomic mass is 19.1. The number of halogens is 2. The van der Waals surface area contributed by atoms with Crippen molar-refractivity contribution in [1.82, 2.24) is 0 Å². The average Bonchev–Trinajstić information content (AvgIpc) is 2.56. The van der Waals surface area contributed by atoms with Crippen molar-refractivity contribution >= 4 is 5.97 Å². The van der Waals surface area contributed by atoms with Gasteiger partial charge < -0.3 is 14.6 Å². The molecule has 0 aliphatic carbocycles. The normalized spacial score (nSPS) is 9.32. The highest BCUT2D eigenvalue weighted by Crippen LogP contribution is 2.12. The fourth-order valence-electron chi connectivity index (χ4n) is 1.58. The highest BCUT2D eigenvalue weighted by Gasteiger charge is 1.99. The molecule has 0 aromatic heterocycles. The van der Waals surface area contributed by atoms with E-state index in [9.17, 15) is 13.6 Å². The minimum atomic E-state index is -0.934. The first kappa shape index (κ1) is 19.9. The summed E-state index contributed by atoms with van der Waals surface area (Å²) in [6.45, 7) is 0.360. The minimum absolute atomic E-state index is 0.0544. The van der Waals surface area contributed by atoms with Crippen LogP contribution in [-0.2, 0) is 4.79 Å². The molecule has 0 saturated heterocycles. The summed E-state index contributed by atoms with van der Waals surface area (Å²) < 4.78 is 35.1. The van der Waals surface area contributed by atoms with Crippen molar-refractivity contribution in [2.24, 2.45) is 0 Å². The van der Waals surface area contributed by atoms with Crippen molar-refractivity contribution < 1.29 is 28.2 Å². The molecule has 0 unspecified atom stereocenters. The molecule has 0 bridgehead atoms. The number of hydrogen-bond donors (Lipinski definition) is 1. The molecule has 0 fully saturated rings. The molecule has 2 aromatic carbocycles. The molecule has 0 aliphatic rings. The van der Waals surface area contributed by atoms with Gasteiger partial charge in [-0.1, -0.05) is 12.1 Å². The molecule has 132 valence electrons. The summed E-state index contributed by atoms with van der Waals surface area (Å²) in [5.41, 5.74) is 0. The second-order valence-corrected chi connectivity index (χ2v) is 4.66. The molecule has 0 spiro atoms. The molecular weight excluding hydrogens is 332 g/mol. The number of nitrogens with zero attached hydrogens (tertiary/aromatic N) is 1. The fraction of sp³-hybridized carbons (Fsp3) is 0.222. The summed E-state index contributed by atoms with van der Waals surface area (Å²) in [6, 6.07) is 13.4. The standard InChI is InChI=1S/C9H8FNO.C9H9FO3/c10-8-3-1-4-9(7-8)12-6-2-5-11;10-7-2-1-3-8(6-7)13-5-4-9(11)12/h1,3-4,7H,2,6H2;1-3,6H,4-5H2,(H,11,12). The topological polar surface area (TPSA) is 79.5 Å². The number of rotatable bonds is 7. The SMILES string of the molecule is N#CCCOc1cccc(F)c1.O=C(O)CCOc1cccc(F)c1. The van der Waals surface area contributed by atoms with E-state index in [0.717, 1.165) is 0 Å². The van der Waals surface area contributed by atoms with Gasteiger partial charge >= 0.3 is 5.97 Å². The summed E-state index contributed by atoms with van der Waals surface area (Å²) in [5, 5.41) is 16.5. The Morgan fingerprint density at radius 2 is 1.52 bits per heavy atom. The van der Waals surface area contributed by atoms with E-state index < -0.39 is 11.8 Å². The third-order valence-electron chi connectivity index (χ3n) is 2.66. The first-order valence-electron chi connectivity index (χ1n) is 7.36. The van der Waals surface area contributed by atoms with Gasteiger partial charge in [0, 0.05) is 12.1 Å². The molecule has 0 heterocycles. The van der Waals surface area contributed by atoms with E-state index in [1.165, 1.54) is 30.3 Å². The summed E-state index contributed by atoms with van der Waals surface area (Å²) in [6.07, 6.45) is 0.229. The van der Waals surface area contributed by atoms with Crippen molar-refractivity contribution in [1.29, 1.82) is 5.26 Å². The van der Waals surface area contributed by atoms with Crippen molar-refractivity contribution in [3.63, 3.8) is 0 Å². The third kappa shape index (κ3) is 9.56. The van der Waals surface area contributed by atoms with Crippen LogP contribution in [0.5, 0.6) is 11.5 Å². The van der Waals surface area contributed by atoms with Crippen LogP contribution < -0.4 is 9.47 Å². The van der Waals surface area contributed by atoms with Crippen LogP contribution in [0.25, 0.3) is 0 Å². The first-order chi connectivity index (χ1) is 12.0. The average molecular weight is 349 g/mol. The molecule has 25 heavy (non-hydrogen) atoms. The largest absolute Gasteiger partial charge is 0.493 e. The molecule has 0 saturated carbocycles. The second kappa shape index (κ2) is 11.4. The summed E-state index contributed by atoms with van der Waals surface area (Å²) >= 11 is 0. The van der Waals surface area contributed by atoms with Crippen molar-refractivity contribution in [3.8, 4) is 17.6 Å². The molecule has 2 rings (SSSR count). The van der Waals surface area contributed by atoms with Crippen molar-refractivity contribution in [3.05, 3.63) is 60.2 Å². The fourth-order valence-corrected chi connectivity index (χ4v) is 1.58. The van der Waals surface area contributed by atoms with Gasteiger partial charge in [-0.2, -0.15) is 5.26 Å². The summed E-state index contributed by atoms with van der Waals surface area (Å²) in [7, 11) is 0. The van der Waals surface area contributed by atoms with Gasteiger partial charge in [-0.3, -0.25) is 4.79 Å². The van der Waals surface area contributed by atoms with Crippen LogP contribution in [0.2, 0.25) is 0 Å². The predicted octanol–water partition coefficient (Wildman–Crippen LogP) is 3.80. The van der Waals surface area contributed by atoms with Crippen LogP contribution >= 0.6 is 0 Å². The lowest BCUT2D eigenvalue weighted by atomic mass is 10.3. The molecule has 1 N–H and O–H groups in total. The van der Waals surface area contributed by atoms with Gasteiger partial charge in [-0.25, -0.2) is 8.78 Å². The zero-order valence-corrected chi connectivity index (χ0v) is 13.3. The van der Waals surface area contributed by atoms with Gasteiger partial charge in [0.15, 0.2) is 0 Å². The van der Waals surface area contributed by atoms with Crippen LogP contribution in [0.15, 0.2) is 48.5 Å². The predicted molar refractivity (Wildman–Crippen MR) is 86.3 cm³/mol. The maximum Gasteiger partial charge on any atom is 0.306 e. The zero-order chi connectivity index (χ0) is 18.5. The van der Waals surface area contributed by atoms with Crippen LogP contribution in [0.1, 0.15) is 12.8 Å². The van der Waals surface area contributed by atoms with Crippen molar-refractivity contribution in [2.75, 3.05) is 13.2 Å². The minimum Gasteiger partial charge on any atom is -0.493 e. The van der Waals surface area contributed by atoms with Gasteiger partial charge in [0.1, 0.15) is 29.7 Å². The number of carbonyl (C=O) groups is 1. The number of ether oxygens (including phenoxy) is 2. The van der Waals surface area contributed by atoms with Gasteiger partial charge in [-0.05, 0) is 24.3 Å². The maximum atomic E-state index is 12.6. The van der Waals surface area contributed by atoms with Gasteiger partial charge in [0.2, 0.25) is 0 Å². The number of benzene rings is 2. The maximum absolute atomic E-state index is 12.6. The van der Waals surface area contributed by atoms with Gasteiger partial charge in [-0.15, -0.1) is 0 Å². The molecule has 2 aromatic rings. The zero-order valence-electron chi connectivity index (χ0n) is 13.3. The number of carboxylic acid groups (broad SMARTS) is 1. The number of aliphatic carboxylic acids is 1. The second-order valence-electron chi connectivity index (χ2n) is 4.66. The Morgan fingerprint density at radius 3 is 1.96 bits per heavy atom. The van der Waals surface area contributed by atoms with Gasteiger partial charge in [0.25, 0.3) is 0 Å². The lowest BCUT2D eigenvalue weighted by Gasteiger charge is -2.03. The van der Waals surface area contributed by atoms with E-state index >= 15 is 0 Å². The monoisotopic (exact) mass is 349 g/mol. The van der Waals surface area contributed by atoms with E-state index in [-0.39, 0.29) is 18.8 Å². The van der Waals surface area contributed by atoms with Crippen LogP contribution in [0.3, 0.4) is 0 Å². The number of carboxylic acids is 1. The third-order valence-corrected chi connectivity index (χ3v) is 2.66. The Hall–Kier alpha value is -3.14. The Bertz CT molecular complexity index is 716.